The van der Waals surface area contributed by atoms with Crippen molar-refractivity contribution in [3.8, 4) is 0 Å². The molecule has 1 aliphatic carbocycles. The van der Waals surface area contributed by atoms with Crippen LogP contribution in [0.25, 0.3) is 0 Å². The first-order valence-electron chi connectivity index (χ1n) is 6.40. The van der Waals surface area contributed by atoms with Crippen LogP contribution < -0.4 is 4.90 Å². The number of nitrogens with zero attached hydrogens (tertiary/aromatic N) is 2. The summed E-state index contributed by atoms with van der Waals surface area (Å²) in [5.74, 6) is -2.31. The number of rotatable bonds is 1. The molecule has 1 aromatic rings. The fourth-order valence-electron chi connectivity index (χ4n) is 2.89. The summed E-state index contributed by atoms with van der Waals surface area (Å²) in [6.07, 6.45) is -2.73. The molecule has 1 aromatic heterocycles. The van der Waals surface area contributed by atoms with Crippen molar-refractivity contribution in [3.05, 3.63) is 23.9 Å². The number of pyridine rings is 1. The number of alkyl halides is 5. The Morgan fingerprint density at radius 2 is 1.90 bits per heavy atom. The summed E-state index contributed by atoms with van der Waals surface area (Å²) in [5.41, 5.74) is -1.82. The first-order valence-corrected chi connectivity index (χ1v) is 6.40. The van der Waals surface area contributed by atoms with Gasteiger partial charge in [-0.1, -0.05) is 0 Å². The summed E-state index contributed by atoms with van der Waals surface area (Å²) in [6.45, 7) is 0.717. The quantitative estimate of drug-likeness (QED) is 0.733. The molecule has 0 N–H and O–H groups in total. The Labute approximate surface area is 112 Å². The third kappa shape index (κ3) is 2.13. The maximum absolute atomic E-state index is 13.4. The summed E-state index contributed by atoms with van der Waals surface area (Å²) in [5, 5.41) is 0. The Morgan fingerprint density at radius 3 is 2.40 bits per heavy atom. The second-order valence-electron chi connectivity index (χ2n) is 5.59. The average molecular weight is 292 g/mol. The Balaban J connectivity index is 1.77. The van der Waals surface area contributed by atoms with Crippen LogP contribution in [0.1, 0.15) is 24.8 Å². The smallest absolute Gasteiger partial charge is 0.356 e. The van der Waals surface area contributed by atoms with Crippen LogP contribution in [0.2, 0.25) is 0 Å². The molecule has 2 fully saturated rings. The highest BCUT2D eigenvalue weighted by Gasteiger charge is 2.71. The summed E-state index contributed by atoms with van der Waals surface area (Å²) < 4.78 is 64.1. The number of anilines is 1. The van der Waals surface area contributed by atoms with Gasteiger partial charge in [0.1, 0.15) is 5.82 Å². The van der Waals surface area contributed by atoms with E-state index < -0.39 is 23.1 Å². The van der Waals surface area contributed by atoms with E-state index in [1.807, 2.05) is 0 Å². The molecule has 2 nitrogen and oxygen atoms in total. The second kappa shape index (κ2) is 4.05. The summed E-state index contributed by atoms with van der Waals surface area (Å²) in [6, 6.07) is 2.19. The number of halogens is 5. The molecule has 0 radical (unpaired) electrons. The topological polar surface area (TPSA) is 16.1 Å². The van der Waals surface area contributed by atoms with Crippen LogP contribution in [-0.2, 0) is 6.18 Å². The Hall–Kier alpha value is -1.40. The minimum absolute atomic E-state index is 0.128. The molecule has 1 unspecified atom stereocenters. The van der Waals surface area contributed by atoms with Gasteiger partial charge in [-0.15, -0.1) is 0 Å². The van der Waals surface area contributed by atoms with Gasteiger partial charge in [-0.2, -0.15) is 13.2 Å². The van der Waals surface area contributed by atoms with E-state index in [0.29, 0.717) is 25.2 Å². The molecular formula is C13H13F5N2. The molecule has 20 heavy (non-hydrogen) atoms. The molecule has 1 aliphatic heterocycles. The molecule has 1 spiro atoms. The monoisotopic (exact) mass is 292 g/mol. The van der Waals surface area contributed by atoms with Gasteiger partial charge in [-0.05, 0) is 25.0 Å². The lowest BCUT2D eigenvalue weighted by atomic mass is 9.94. The zero-order valence-corrected chi connectivity index (χ0v) is 10.6. The van der Waals surface area contributed by atoms with Crippen LogP contribution in [0.4, 0.5) is 27.8 Å². The van der Waals surface area contributed by atoms with E-state index in [1.165, 1.54) is 6.07 Å². The highest BCUT2D eigenvalue weighted by molar-refractivity contribution is 5.42. The van der Waals surface area contributed by atoms with E-state index >= 15 is 0 Å². The molecule has 110 valence electrons. The zero-order valence-electron chi connectivity index (χ0n) is 10.6. The minimum Gasteiger partial charge on any atom is -0.356 e. The molecule has 1 saturated carbocycles. The van der Waals surface area contributed by atoms with Gasteiger partial charge in [-0.25, -0.2) is 13.8 Å². The third-order valence-electron chi connectivity index (χ3n) is 4.19. The van der Waals surface area contributed by atoms with Gasteiger partial charge < -0.3 is 4.90 Å². The number of hydrogen-bond acceptors (Lipinski definition) is 2. The van der Waals surface area contributed by atoms with Crippen LogP contribution in [0.15, 0.2) is 18.3 Å². The molecule has 2 aliphatic rings. The van der Waals surface area contributed by atoms with Crippen molar-refractivity contribution >= 4 is 5.82 Å². The molecular weight excluding hydrogens is 279 g/mol. The fourth-order valence-corrected chi connectivity index (χ4v) is 2.89. The molecule has 1 atom stereocenters. The summed E-state index contributed by atoms with van der Waals surface area (Å²) >= 11 is 0. The van der Waals surface area contributed by atoms with Crippen LogP contribution in [0, 0.1) is 5.41 Å². The lowest BCUT2D eigenvalue weighted by molar-refractivity contribution is -0.137. The van der Waals surface area contributed by atoms with Crippen molar-refractivity contribution in [2.75, 3.05) is 18.0 Å². The normalized spacial score (nSPS) is 28.8. The zero-order chi connectivity index (χ0) is 14.6. The first kappa shape index (κ1) is 13.6. The summed E-state index contributed by atoms with van der Waals surface area (Å²) in [7, 11) is 0. The van der Waals surface area contributed by atoms with Gasteiger partial charge in [0.2, 0.25) is 0 Å². The van der Waals surface area contributed by atoms with E-state index in [-0.39, 0.29) is 13.0 Å². The molecule has 0 amide bonds. The minimum atomic E-state index is -4.43. The van der Waals surface area contributed by atoms with Gasteiger partial charge in [0.05, 0.1) is 11.0 Å². The second-order valence-corrected chi connectivity index (χ2v) is 5.59. The predicted molar refractivity (Wildman–Crippen MR) is 62.7 cm³/mol. The lowest BCUT2D eigenvalue weighted by Crippen LogP contribution is -2.39. The maximum Gasteiger partial charge on any atom is 0.417 e. The number of hydrogen-bond donors (Lipinski definition) is 0. The molecule has 7 heteroatoms. The van der Waals surface area contributed by atoms with Crippen molar-refractivity contribution in [2.24, 2.45) is 5.41 Å². The molecule has 0 aromatic carbocycles. The summed E-state index contributed by atoms with van der Waals surface area (Å²) in [4.78, 5) is 5.43. The SMILES string of the molecule is FC(F)(F)c1ccc(N2CCCC3(C2)CC3(F)F)nc1. The van der Waals surface area contributed by atoms with Crippen molar-refractivity contribution in [3.63, 3.8) is 0 Å². The van der Waals surface area contributed by atoms with Gasteiger partial charge in [-0.3, -0.25) is 0 Å². The number of aromatic nitrogens is 1. The maximum atomic E-state index is 13.4. The van der Waals surface area contributed by atoms with Crippen molar-refractivity contribution < 1.29 is 22.0 Å². The molecule has 2 heterocycles. The standard InChI is InChI=1S/C13H13F5N2/c14-12(15)7-11(12)4-1-5-20(8-11)10-3-2-9(6-19-10)13(16,17)18/h2-3,6H,1,4-5,7-8H2. The van der Waals surface area contributed by atoms with Crippen molar-refractivity contribution in [1.82, 2.24) is 4.98 Å². The van der Waals surface area contributed by atoms with Crippen LogP contribution in [0.5, 0.6) is 0 Å². The van der Waals surface area contributed by atoms with Crippen molar-refractivity contribution in [2.45, 2.75) is 31.4 Å². The van der Waals surface area contributed by atoms with Gasteiger partial charge >= 0.3 is 6.18 Å². The van der Waals surface area contributed by atoms with Crippen LogP contribution in [-0.4, -0.2) is 24.0 Å². The number of piperidine rings is 1. The van der Waals surface area contributed by atoms with Crippen LogP contribution in [0.3, 0.4) is 0 Å². The highest BCUT2D eigenvalue weighted by Crippen LogP contribution is 2.64. The Kier molecular flexibility index (Phi) is 2.75. The molecule has 0 bridgehead atoms. The van der Waals surface area contributed by atoms with E-state index in [0.717, 1.165) is 12.3 Å². The van der Waals surface area contributed by atoms with Crippen molar-refractivity contribution in [1.29, 1.82) is 0 Å². The van der Waals surface area contributed by atoms with E-state index in [2.05, 4.69) is 4.98 Å². The molecule has 3 rings (SSSR count). The van der Waals surface area contributed by atoms with Gasteiger partial charge in [0.25, 0.3) is 5.92 Å². The lowest BCUT2D eigenvalue weighted by Gasteiger charge is -2.34. The molecule has 1 saturated heterocycles. The highest BCUT2D eigenvalue weighted by atomic mass is 19.4. The third-order valence-corrected chi connectivity index (χ3v) is 4.19. The fraction of sp³-hybridized carbons (Fsp3) is 0.615. The van der Waals surface area contributed by atoms with E-state index in [1.54, 1.807) is 4.90 Å². The Bertz CT molecular complexity index is 510. The predicted octanol–water partition coefficient (Wildman–Crippen LogP) is 3.73. The van der Waals surface area contributed by atoms with Crippen LogP contribution >= 0.6 is 0 Å². The van der Waals surface area contributed by atoms with E-state index in [4.69, 9.17) is 0 Å². The van der Waals surface area contributed by atoms with Gasteiger partial charge in [0.15, 0.2) is 0 Å². The van der Waals surface area contributed by atoms with E-state index in [9.17, 15) is 22.0 Å². The first-order chi connectivity index (χ1) is 9.24. The average Bonchev–Trinajstić information content (AvgIpc) is 2.88. The largest absolute Gasteiger partial charge is 0.417 e. The van der Waals surface area contributed by atoms with Gasteiger partial charge in [0, 0.05) is 25.7 Å². The Morgan fingerprint density at radius 1 is 1.20 bits per heavy atom.